The Hall–Kier alpha value is -3.51. The van der Waals surface area contributed by atoms with Gasteiger partial charge in [-0.15, -0.1) is 0 Å². The zero-order valence-corrected chi connectivity index (χ0v) is 23.3. The highest BCUT2D eigenvalue weighted by Crippen LogP contribution is 2.21. The van der Waals surface area contributed by atoms with Crippen LogP contribution in [0.25, 0.3) is 0 Å². The van der Waals surface area contributed by atoms with Crippen LogP contribution in [0.1, 0.15) is 44.7 Å². The molecule has 0 fully saturated rings. The van der Waals surface area contributed by atoms with Crippen molar-refractivity contribution in [2.75, 3.05) is 13.7 Å². The van der Waals surface area contributed by atoms with Gasteiger partial charge in [0.2, 0.25) is 11.8 Å². The molecule has 0 aromatic heterocycles. The standard InChI is InChI=1S/C31H37ClN2O4/c1-31(2,3)33-30(36)28(21-23-10-6-5-7-11-23)34(22-24-12-8-13-27(20-24)37-4)29(35)14-9-19-38-26-17-15-25(32)16-18-26/h5-8,10-13,15-18,20,28H,9,14,19,21-22H2,1-4H3,(H,33,36)/t28-/m0/s1. The number of amides is 2. The maximum atomic E-state index is 13.7. The normalized spacial score (nSPS) is 11.9. The first-order chi connectivity index (χ1) is 18.1. The fourth-order valence-electron chi connectivity index (χ4n) is 4.06. The van der Waals surface area contributed by atoms with Crippen molar-refractivity contribution >= 4 is 23.4 Å². The largest absolute Gasteiger partial charge is 0.497 e. The number of nitrogens with one attached hydrogen (secondary N) is 1. The molecule has 0 unspecified atom stereocenters. The molecule has 0 aliphatic heterocycles. The third-order valence-corrected chi connectivity index (χ3v) is 6.13. The van der Waals surface area contributed by atoms with E-state index in [0.29, 0.717) is 36.0 Å². The first-order valence-corrected chi connectivity index (χ1v) is 13.2. The van der Waals surface area contributed by atoms with Crippen LogP contribution < -0.4 is 14.8 Å². The molecule has 2 amide bonds. The summed E-state index contributed by atoms with van der Waals surface area (Å²) in [5.41, 5.74) is 1.43. The lowest BCUT2D eigenvalue weighted by Crippen LogP contribution is -2.54. The SMILES string of the molecule is COc1cccc(CN(C(=O)CCCOc2ccc(Cl)cc2)[C@@H](Cc2ccccc2)C(=O)NC(C)(C)C)c1. The van der Waals surface area contributed by atoms with E-state index in [1.165, 1.54) is 0 Å². The van der Waals surface area contributed by atoms with Gasteiger partial charge in [0.05, 0.1) is 13.7 Å². The van der Waals surface area contributed by atoms with Gasteiger partial charge >= 0.3 is 0 Å². The quantitative estimate of drug-likeness (QED) is 0.286. The highest BCUT2D eigenvalue weighted by atomic mass is 35.5. The average molecular weight is 537 g/mol. The average Bonchev–Trinajstić information content (AvgIpc) is 2.89. The number of hydrogen-bond donors (Lipinski definition) is 1. The number of benzene rings is 3. The topological polar surface area (TPSA) is 67.9 Å². The Morgan fingerprint density at radius 2 is 1.61 bits per heavy atom. The second-order valence-electron chi connectivity index (χ2n) is 10.2. The Kier molecular flexibility index (Phi) is 10.6. The molecule has 0 heterocycles. The lowest BCUT2D eigenvalue weighted by molar-refractivity contribution is -0.142. The van der Waals surface area contributed by atoms with E-state index >= 15 is 0 Å². The zero-order chi connectivity index (χ0) is 27.5. The van der Waals surface area contributed by atoms with Gasteiger partial charge < -0.3 is 19.7 Å². The molecular weight excluding hydrogens is 500 g/mol. The highest BCUT2D eigenvalue weighted by molar-refractivity contribution is 6.30. The molecule has 202 valence electrons. The molecule has 0 spiro atoms. The second-order valence-corrected chi connectivity index (χ2v) is 10.7. The van der Waals surface area contributed by atoms with Crippen molar-refractivity contribution < 1.29 is 19.1 Å². The van der Waals surface area contributed by atoms with Crippen LogP contribution in [-0.4, -0.2) is 42.0 Å². The summed E-state index contributed by atoms with van der Waals surface area (Å²) in [5, 5.41) is 3.72. The van der Waals surface area contributed by atoms with Crippen LogP contribution in [0, 0.1) is 0 Å². The van der Waals surface area contributed by atoms with Crippen molar-refractivity contribution in [2.45, 2.75) is 58.2 Å². The predicted molar refractivity (Wildman–Crippen MR) is 152 cm³/mol. The number of halogens is 1. The Morgan fingerprint density at radius 3 is 2.26 bits per heavy atom. The Labute approximate surface area is 230 Å². The van der Waals surface area contributed by atoms with Crippen molar-refractivity contribution in [1.29, 1.82) is 0 Å². The minimum atomic E-state index is -0.687. The smallest absolute Gasteiger partial charge is 0.243 e. The molecule has 7 heteroatoms. The first-order valence-electron chi connectivity index (χ1n) is 12.8. The molecular formula is C31H37ClN2O4. The summed E-state index contributed by atoms with van der Waals surface area (Å²) in [6, 6.07) is 23.8. The van der Waals surface area contributed by atoms with Crippen molar-refractivity contribution in [3.8, 4) is 11.5 Å². The van der Waals surface area contributed by atoms with Gasteiger partial charge in [0.25, 0.3) is 0 Å². The van der Waals surface area contributed by atoms with E-state index in [9.17, 15) is 9.59 Å². The van der Waals surface area contributed by atoms with E-state index in [1.807, 2.05) is 75.4 Å². The van der Waals surface area contributed by atoms with Crippen molar-refractivity contribution in [3.05, 3.63) is 95.0 Å². The van der Waals surface area contributed by atoms with Gasteiger partial charge in [-0.05, 0) is 74.7 Å². The molecule has 0 saturated carbocycles. The maximum absolute atomic E-state index is 13.7. The molecule has 0 radical (unpaired) electrons. The van der Waals surface area contributed by atoms with Crippen LogP contribution in [0.2, 0.25) is 5.02 Å². The fourth-order valence-corrected chi connectivity index (χ4v) is 4.19. The number of hydrogen-bond acceptors (Lipinski definition) is 4. The number of ether oxygens (including phenoxy) is 2. The van der Waals surface area contributed by atoms with E-state index in [4.69, 9.17) is 21.1 Å². The van der Waals surface area contributed by atoms with E-state index in [2.05, 4.69) is 5.32 Å². The molecule has 1 N–H and O–H groups in total. The minimum absolute atomic E-state index is 0.113. The van der Waals surface area contributed by atoms with Crippen LogP contribution in [0.5, 0.6) is 11.5 Å². The Bertz CT molecular complexity index is 1180. The van der Waals surface area contributed by atoms with Gasteiger partial charge in [-0.1, -0.05) is 54.1 Å². The Balaban J connectivity index is 1.82. The number of methoxy groups -OCH3 is 1. The van der Waals surface area contributed by atoms with Gasteiger partial charge in [0, 0.05) is 29.9 Å². The first kappa shape index (κ1) is 29.1. The monoisotopic (exact) mass is 536 g/mol. The number of nitrogens with zero attached hydrogens (tertiary/aromatic N) is 1. The van der Waals surface area contributed by atoms with Crippen LogP contribution in [-0.2, 0) is 22.6 Å². The predicted octanol–water partition coefficient (Wildman–Crippen LogP) is 6.06. The van der Waals surface area contributed by atoms with Gasteiger partial charge in [0.15, 0.2) is 0 Å². The zero-order valence-electron chi connectivity index (χ0n) is 22.6. The molecule has 0 saturated heterocycles. The number of carbonyl (C=O) groups excluding carboxylic acids is 2. The molecule has 3 rings (SSSR count). The summed E-state index contributed by atoms with van der Waals surface area (Å²) < 4.78 is 11.2. The molecule has 6 nitrogen and oxygen atoms in total. The van der Waals surface area contributed by atoms with Crippen molar-refractivity contribution in [2.24, 2.45) is 0 Å². The van der Waals surface area contributed by atoms with Gasteiger partial charge in [-0.2, -0.15) is 0 Å². The molecule has 3 aromatic carbocycles. The van der Waals surface area contributed by atoms with E-state index in [1.54, 1.807) is 36.3 Å². The van der Waals surface area contributed by atoms with Gasteiger partial charge in [0.1, 0.15) is 17.5 Å². The lowest BCUT2D eigenvalue weighted by atomic mass is 10.00. The summed E-state index contributed by atoms with van der Waals surface area (Å²) in [6.45, 7) is 6.47. The van der Waals surface area contributed by atoms with Crippen LogP contribution in [0.3, 0.4) is 0 Å². The third-order valence-electron chi connectivity index (χ3n) is 5.87. The van der Waals surface area contributed by atoms with Gasteiger partial charge in [-0.3, -0.25) is 9.59 Å². The van der Waals surface area contributed by atoms with E-state index < -0.39 is 11.6 Å². The summed E-state index contributed by atoms with van der Waals surface area (Å²) in [6.07, 6.45) is 1.15. The second kappa shape index (κ2) is 13.9. The summed E-state index contributed by atoms with van der Waals surface area (Å²) in [4.78, 5) is 29.0. The maximum Gasteiger partial charge on any atom is 0.243 e. The fraction of sp³-hybridized carbons (Fsp3) is 0.355. The van der Waals surface area contributed by atoms with Crippen molar-refractivity contribution in [1.82, 2.24) is 10.2 Å². The molecule has 0 bridgehead atoms. The number of rotatable bonds is 12. The molecule has 38 heavy (non-hydrogen) atoms. The molecule has 0 aliphatic rings. The van der Waals surface area contributed by atoms with Gasteiger partial charge in [-0.25, -0.2) is 0 Å². The molecule has 0 aliphatic carbocycles. The van der Waals surface area contributed by atoms with Crippen LogP contribution in [0.15, 0.2) is 78.9 Å². The Morgan fingerprint density at radius 1 is 0.921 bits per heavy atom. The summed E-state index contributed by atoms with van der Waals surface area (Å²) in [5.74, 6) is 1.10. The van der Waals surface area contributed by atoms with Crippen LogP contribution >= 0.6 is 11.6 Å². The van der Waals surface area contributed by atoms with Crippen LogP contribution in [0.4, 0.5) is 0 Å². The number of carbonyl (C=O) groups is 2. The summed E-state index contributed by atoms with van der Waals surface area (Å²) >= 11 is 5.94. The molecule has 3 aromatic rings. The lowest BCUT2D eigenvalue weighted by Gasteiger charge is -2.34. The highest BCUT2D eigenvalue weighted by Gasteiger charge is 2.32. The van der Waals surface area contributed by atoms with E-state index in [0.717, 1.165) is 11.1 Å². The van der Waals surface area contributed by atoms with E-state index in [-0.39, 0.29) is 24.8 Å². The summed E-state index contributed by atoms with van der Waals surface area (Å²) in [7, 11) is 1.61. The molecule has 1 atom stereocenters. The third kappa shape index (κ3) is 9.42. The van der Waals surface area contributed by atoms with Crippen molar-refractivity contribution in [3.63, 3.8) is 0 Å². The minimum Gasteiger partial charge on any atom is -0.497 e.